The first-order valence-corrected chi connectivity index (χ1v) is 7.21. The van der Waals surface area contributed by atoms with Gasteiger partial charge in [-0.15, -0.1) is 0 Å². The van der Waals surface area contributed by atoms with Crippen LogP contribution in [-0.4, -0.2) is 36.7 Å². The van der Waals surface area contributed by atoms with Crippen LogP contribution >= 0.6 is 0 Å². The van der Waals surface area contributed by atoms with E-state index in [4.69, 9.17) is 14.2 Å². The molecule has 0 amide bonds. The number of esters is 3. The van der Waals surface area contributed by atoms with Crippen molar-refractivity contribution in [3.63, 3.8) is 0 Å². The van der Waals surface area contributed by atoms with Crippen molar-refractivity contribution in [1.82, 2.24) is 0 Å². The van der Waals surface area contributed by atoms with Gasteiger partial charge in [0.2, 0.25) is 5.60 Å². The van der Waals surface area contributed by atoms with Crippen LogP contribution in [-0.2, 0) is 28.6 Å². The van der Waals surface area contributed by atoms with E-state index in [9.17, 15) is 14.4 Å². The second-order valence-electron chi connectivity index (χ2n) is 4.79. The molecule has 1 fully saturated rings. The molecule has 6 heteroatoms. The Balaban J connectivity index is 3.14. The van der Waals surface area contributed by atoms with Gasteiger partial charge in [-0.05, 0) is 33.1 Å². The van der Waals surface area contributed by atoms with Crippen LogP contribution in [0.3, 0.4) is 0 Å². The molecule has 1 aliphatic carbocycles. The summed E-state index contributed by atoms with van der Waals surface area (Å²) >= 11 is 0. The van der Waals surface area contributed by atoms with Crippen LogP contribution < -0.4 is 0 Å². The van der Waals surface area contributed by atoms with Crippen molar-refractivity contribution in [2.75, 3.05) is 13.2 Å². The lowest BCUT2D eigenvalue weighted by atomic mass is 9.75. The summed E-state index contributed by atoms with van der Waals surface area (Å²) in [6.07, 6.45) is 3.06. The molecule has 0 aromatic rings. The normalized spacial score (nSPS) is 24.8. The molecular formula is C15H22O6. The average molecular weight is 298 g/mol. The quantitative estimate of drug-likeness (QED) is 0.422. The smallest absolute Gasteiger partial charge is 0.351 e. The summed E-state index contributed by atoms with van der Waals surface area (Å²) in [6.45, 7) is 7.00. The molecule has 1 rings (SSSR count). The lowest BCUT2D eigenvalue weighted by Crippen LogP contribution is -2.55. The summed E-state index contributed by atoms with van der Waals surface area (Å²) in [6, 6.07) is 0. The van der Waals surface area contributed by atoms with Crippen LogP contribution in [0.25, 0.3) is 0 Å². The molecule has 118 valence electrons. The molecule has 0 N–H and O–H groups in total. The van der Waals surface area contributed by atoms with Gasteiger partial charge in [0.1, 0.15) is 5.92 Å². The third-order valence-electron chi connectivity index (χ3n) is 3.50. The first-order chi connectivity index (χ1) is 10.0. The van der Waals surface area contributed by atoms with E-state index in [-0.39, 0.29) is 19.6 Å². The number of carbonyl (C=O) groups excluding carboxylic acids is 3. The predicted octanol–water partition coefficient (Wildman–Crippen LogP) is 1.77. The summed E-state index contributed by atoms with van der Waals surface area (Å²) in [5.74, 6) is -2.83. The molecule has 0 heterocycles. The van der Waals surface area contributed by atoms with Crippen molar-refractivity contribution in [3.8, 4) is 0 Å². The second-order valence-corrected chi connectivity index (χ2v) is 4.79. The van der Waals surface area contributed by atoms with Crippen LogP contribution in [0.15, 0.2) is 12.7 Å². The van der Waals surface area contributed by atoms with E-state index in [2.05, 4.69) is 6.58 Å². The number of hydrogen-bond acceptors (Lipinski definition) is 6. The van der Waals surface area contributed by atoms with Crippen LogP contribution in [0, 0.1) is 5.92 Å². The highest BCUT2D eigenvalue weighted by molar-refractivity contribution is 5.92. The van der Waals surface area contributed by atoms with Crippen molar-refractivity contribution in [1.29, 1.82) is 0 Å². The molecule has 2 atom stereocenters. The van der Waals surface area contributed by atoms with Crippen molar-refractivity contribution >= 4 is 17.9 Å². The van der Waals surface area contributed by atoms with Gasteiger partial charge in [0.15, 0.2) is 0 Å². The van der Waals surface area contributed by atoms with Crippen LogP contribution in [0.5, 0.6) is 0 Å². The van der Waals surface area contributed by atoms with Gasteiger partial charge in [0.05, 0.1) is 13.2 Å². The molecule has 1 aliphatic rings. The fourth-order valence-corrected chi connectivity index (χ4v) is 2.58. The molecule has 0 bridgehead atoms. The summed E-state index contributed by atoms with van der Waals surface area (Å²) in [4.78, 5) is 36.1. The highest BCUT2D eigenvalue weighted by Gasteiger charge is 2.55. The van der Waals surface area contributed by atoms with Crippen molar-refractivity contribution in [2.45, 2.75) is 45.1 Å². The second kappa shape index (κ2) is 7.81. The molecule has 0 aliphatic heterocycles. The minimum Gasteiger partial charge on any atom is -0.466 e. The average Bonchev–Trinajstić information content (AvgIpc) is 2.47. The maximum atomic E-state index is 12.3. The Labute approximate surface area is 124 Å². The summed E-state index contributed by atoms with van der Waals surface area (Å²) < 4.78 is 15.3. The summed E-state index contributed by atoms with van der Waals surface area (Å²) in [5, 5.41) is 0. The van der Waals surface area contributed by atoms with E-state index in [0.717, 1.165) is 12.5 Å². The molecule has 0 aromatic heterocycles. The maximum absolute atomic E-state index is 12.3. The fourth-order valence-electron chi connectivity index (χ4n) is 2.58. The minimum atomic E-state index is -1.61. The number of carbonyl (C=O) groups is 3. The molecule has 0 aromatic carbocycles. The molecule has 1 saturated carbocycles. The zero-order valence-corrected chi connectivity index (χ0v) is 12.6. The summed E-state index contributed by atoms with van der Waals surface area (Å²) in [5.41, 5.74) is -1.61. The standard InChI is InChI=1S/C15H22O6/c1-4-12(16)21-15(14(18)20-6-3)10-8-7-9-11(15)13(17)19-5-2/h4,11H,1,5-10H2,2-3H3. The van der Waals surface area contributed by atoms with Gasteiger partial charge in [0, 0.05) is 6.08 Å². The van der Waals surface area contributed by atoms with E-state index < -0.39 is 29.4 Å². The van der Waals surface area contributed by atoms with Gasteiger partial charge in [-0.2, -0.15) is 0 Å². The van der Waals surface area contributed by atoms with Gasteiger partial charge < -0.3 is 14.2 Å². The van der Waals surface area contributed by atoms with Crippen molar-refractivity contribution < 1.29 is 28.6 Å². The van der Waals surface area contributed by atoms with Crippen LogP contribution in [0.1, 0.15) is 39.5 Å². The molecule has 0 spiro atoms. The van der Waals surface area contributed by atoms with E-state index >= 15 is 0 Å². The van der Waals surface area contributed by atoms with Gasteiger partial charge in [-0.25, -0.2) is 9.59 Å². The minimum absolute atomic E-state index is 0.141. The van der Waals surface area contributed by atoms with Crippen LogP contribution in [0.4, 0.5) is 0 Å². The Morgan fingerprint density at radius 1 is 1.19 bits per heavy atom. The Bertz CT molecular complexity index is 416. The van der Waals surface area contributed by atoms with E-state index in [0.29, 0.717) is 12.8 Å². The molecule has 0 radical (unpaired) electrons. The van der Waals surface area contributed by atoms with E-state index in [1.165, 1.54) is 0 Å². The number of hydrogen-bond donors (Lipinski definition) is 0. The summed E-state index contributed by atoms with van der Waals surface area (Å²) in [7, 11) is 0. The molecule has 21 heavy (non-hydrogen) atoms. The molecule has 0 saturated heterocycles. The predicted molar refractivity (Wildman–Crippen MR) is 74.2 cm³/mol. The lowest BCUT2D eigenvalue weighted by molar-refractivity contribution is -0.197. The third-order valence-corrected chi connectivity index (χ3v) is 3.50. The molecular weight excluding hydrogens is 276 g/mol. The first kappa shape index (κ1) is 17.2. The molecule has 6 nitrogen and oxygen atoms in total. The topological polar surface area (TPSA) is 78.9 Å². The zero-order valence-electron chi connectivity index (χ0n) is 12.6. The van der Waals surface area contributed by atoms with Gasteiger partial charge in [-0.3, -0.25) is 4.79 Å². The molecule has 2 unspecified atom stereocenters. The third kappa shape index (κ3) is 3.83. The Morgan fingerprint density at radius 2 is 1.86 bits per heavy atom. The SMILES string of the molecule is C=CC(=O)OC1(C(=O)OCC)CCCCC1C(=O)OCC. The van der Waals surface area contributed by atoms with Gasteiger partial charge >= 0.3 is 17.9 Å². The zero-order chi connectivity index (χ0) is 15.9. The Morgan fingerprint density at radius 3 is 2.43 bits per heavy atom. The van der Waals surface area contributed by atoms with Crippen molar-refractivity contribution in [3.05, 3.63) is 12.7 Å². The van der Waals surface area contributed by atoms with Crippen molar-refractivity contribution in [2.24, 2.45) is 5.92 Å². The highest BCUT2D eigenvalue weighted by atomic mass is 16.6. The lowest BCUT2D eigenvalue weighted by Gasteiger charge is -2.39. The fraction of sp³-hybridized carbons (Fsp3) is 0.667. The highest BCUT2D eigenvalue weighted by Crippen LogP contribution is 2.39. The first-order valence-electron chi connectivity index (χ1n) is 7.21. The number of ether oxygens (including phenoxy) is 3. The van der Waals surface area contributed by atoms with E-state index in [1.807, 2.05) is 0 Å². The van der Waals surface area contributed by atoms with Gasteiger partial charge in [-0.1, -0.05) is 13.0 Å². The van der Waals surface area contributed by atoms with E-state index in [1.54, 1.807) is 13.8 Å². The Kier molecular flexibility index (Phi) is 6.39. The number of rotatable bonds is 6. The van der Waals surface area contributed by atoms with Crippen LogP contribution in [0.2, 0.25) is 0 Å². The maximum Gasteiger partial charge on any atom is 0.351 e. The largest absolute Gasteiger partial charge is 0.466 e. The van der Waals surface area contributed by atoms with Gasteiger partial charge in [0.25, 0.3) is 0 Å². The monoisotopic (exact) mass is 298 g/mol. The Hall–Kier alpha value is -1.85.